The minimum absolute atomic E-state index is 0.0146. The standard InChI is InChI=1S/C19H25N5O/c1-2-10-22-12-14-23(15-13-22)19(25)21-18(16-24-11-6-9-20-24)17-7-4-3-5-8-17/h2-9,11,18H,1,10,12-16H2,(H,21,25)/t18-/m0/s1. The first-order valence-electron chi connectivity index (χ1n) is 8.67. The van der Waals surface area contributed by atoms with Crippen LogP contribution in [-0.2, 0) is 6.54 Å². The second-order valence-corrected chi connectivity index (χ2v) is 6.22. The van der Waals surface area contributed by atoms with Gasteiger partial charge in [0.1, 0.15) is 0 Å². The molecule has 0 saturated carbocycles. The van der Waals surface area contributed by atoms with Crippen molar-refractivity contribution in [1.82, 2.24) is 24.9 Å². The summed E-state index contributed by atoms with van der Waals surface area (Å²) in [4.78, 5) is 16.9. The minimum atomic E-state index is -0.111. The molecule has 1 aliphatic rings. The molecule has 2 amide bonds. The van der Waals surface area contributed by atoms with Crippen LogP contribution in [0.2, 0.25) is 0 Å². The number of hydrogen-bond donors (Lipinski definition) is 1. The molecule has 0 spiro atoms. The van der Waals surface area contributed by atoms with Crippen molar-refractivity contribution in [1.29, 1.82) is 0 Å². The molecule has 6 nitrogen and oxygen atoms in total. The summed E-state index contributed by atoms with van der Waals surface area (Å²) in [5, 5.41) is 7.44. The highest BCUT2D eigenvalue weighted by Crippen LogP contribution is 2.15. The van der Waals surface area contributed by atoms with Crippen molar-refractivity contribution in [2.75, 3.05) is 32.7 Å². The van der Waals surface area contributed by atoms with Gasteiger partial charge in [0, 0.05) is 45.1 Å². The van der Waals surface area contributed by atoms with E-state index in [1.54, 1.807) is 6.20 Å². The van der Waals surface area contributed by atoms with E-state index in [9.17, 15) is 4.79 Å². The molecule has 25 heavy (non-hydrogen) atoms. The summed E-state index contributed by atoms with van der Waals surface area (Å²) in [6.07, 6.45) is 5.57. The van der Waals surface area contributed by atoms with Crippen molar-refractivity contribution >= 4 is 6.03 Å². The van der Waals surface area contributed by atoms with Gasteiger partial charge in [-0.3, -0.25) is 9.58 Å². The average molecular weight is 339 g/mol. The Morgan fingerprint density at radius 1 is 1.20 bits per heavy atom. The van der Waals surface area contributed by atoms with Gasteiger partial charge < -0.3 is 10.2 Å². The molecular formula is C19H25N5O. The summed E-state index contributed by atoms with van der Waals surface area (Å²) in [7, 11) is 0. The van der Waals surface area contributed by atoms with E-state index < -0.39 is 0 Å². The molecule has 3 rings (SSSR count). The van der Waals surface area contributed by atoms with Crippen molar-refractivity contribution < 1.29 is 4.79 Å². The topological polar surface area (TPSA) is 53.4 Å². The van der Waals surface area contributed by atoms with E-state index in [2.05, 4.69) is 21.9 Å². The lowest BCUT2D eigenvalue weighted by Crippen LogP contribution is -2.52. The predicted molar refractivity (Wildman–Crippen MR) is 98.2 cm³/mol. The number of urea groups is 1. The molecule has 0 unspecified atom stereocenters. The fourth-order valence-electron chi connectivity index (χ4n) is 3.07. The highest BCUT2D eigenvalue weighted by atomic mass is 16.2. The summed E-state index contributed by atoms with van der Waals surface area (Å²) in [5.74, 6) is 0. The minimum Gasteiger partial charge on any atom is -0.329 e. The molecule has 0 bridgehead atoms. The molecule has 2 aromatic rings. The van der Waals surface area contributed by atoms with Crippen molar-refractivity contribution in [2.45, 2.75) is 12.6 Å². The van der Waals surface area contributed by atoms with E-state index in [1.807, 2.05) is 58.3 Å². The highest BCUT2D eigenvalue weighted by molar-refractivity contribution is 5.74. The number of carbonyl (C=O) groups excluding carboxylic acids is 1. The van der Waals surface area contributed by atoms with E-state index in [0.717, 1.165) is 38.3 Å². The van der Waals surface area contributed by atoms with Crippen LogP contribution in [0.4, 0.5) is 4.79 Å². The van der Waals surface area contributed by atoms with Crippen molar-refractivity contribution in [2.24, 2.45) is 0 Å². The Bertz CT molecular complexity index is 662. The number of nitrogens with one attached hydrogen (secondary N) is 1. The molecule has 6 heteroatoms. The Morgan fingerprint density at radius 3 is 2.60 bits per heavy atom. The Balaban J connectivity index is 1.63. The number of piperazine rings is 1. The van der Waals surface area contributed by atoms with Gasteiger partial charge in [0.15, 0.2) is 0 Å². The Morgan fingerprint density at radius 2 is 1.96 bits per heavy atom. The zero-order valence-electron chi connectivity index (χ0n) is 14.4. The Labute approximate surface area is 148 Å². The van der Waals surface area contributed by atoms with Gasteiger partial charge in [-0.25, -0.2) is 4.79 Å². The zero-order valence-corrected chi connectivity index (χ0v) is 14.4. The second-order valence-electron chi connectivity index (χ2n) is 6.22. The van der Waals surface area contributed by atoms with Crippen LogP contribution in [0, 0.1) is 0 Å². The average Bonchev–Trinajstić information content (AvgIpc) is 3.16. The zero-order chi connectivity index (χ0) is 17.5. The van der Waals surface area contributed by atoms with Crippen LogP contribution < -0.4 is 5.32 Å². The molecule has 132 valence electrons. The molecule has 0 aliphatic carbocycles. The largest absolute Gasteiger partial charge is 0.329 e. The normalized spacial score (nSPS) is 16.4. The van der Waals surface area contributed by atoms with Gasteiger partial charge in [0.25, 0.3) is 0 Å². The molecule has 1 atom stereocenters. The smallest absolute Gasteiger partial charge is 0.318 e. The first-order valence-corrected chi connectivity index (χ1v) is 8.67. The predicted octanol–water partition coefficient (Wildman–Crippen LogP) is 2.14. The van der Waals surface area contributed by atoms with Crippen LogP contribution in [0.5, 0.6) is 0 Å². The fourth-order valence-corrected chi connectivity index (χ4v) is 3.07. The lowest BCUT2D eigenvalue weighted by molar-refractivity contribution is 0.143. The molecule has 1 N–H and O–H groups in total. The first-order chi connectivity index (χ1) is 12.3. The van der Waals surface area contributed by atoms with Gasteiger partial charge in [-0.1, -0.05) is 36.4 Å². The van der Waals surface area contributed by atoms with Gasteiger partial charge in [-0.2, -0.15) is 5.10 Å². The number of carbonyl (C=O) groups is 1. The molecule has 1 saturated heterocycles. The molecule has 1 aromatic heterocycles. The Kier molecular flexibility index (Phi) is 5.85. The van der Waals surface area contributed by atoms with E-state index in [4.69, 9.17) is 0 Å². The highest BCUT2D eigenvalue weighted by Gasteiger charge is 2.23. The number of hydrogen-bond acceptors (Lipinski definition) is 3. The van der Waals surface area contributed by atoms with Crippen LogP contribution in [0.15, 0.2) is 61.4 Å². The van der Waals surface area contributed by atoms with Crippen LogP contribution in [0.3, 0.4) is 0 Å². The third kappa shape index (κ3) is 4.70. The van der Waals surface area contributed by atoms with Crippen LogP contribution in [0.1, 0.15) is 11.6 Å². The summed E-state index contributed by atoms with van der Waals surface area (Å²) in [6, 6.07) is 11.8. The van der Waals surface area contributed by atoms with Crippen LogP contribution in [0.25, 0.3) is 0 Å². The molecular weight excluding hydrogens is 314 g/mol. The fraction of sp³-hybridized carbons (Fsp3) is 0.368. The lowest BCUT2D eigenvalue weighted by Gasteiger charge is -2.35. The second kappa shape index (κ2) is 8.48. The number of nitrogens with zero attached hydrogens (tertiary/aromatic N) is 4. The number of benzene rings is 1. The van der Waals surface area contributed by atoms with Crippen LogP contribution in [-0.4, -0.2) is 58.3 Å². The lowest BCUT2D eigenvalue weighted by atomic mass is 10.1. The van der Waals surface area contributed by atoms with E-state index in [0.29, 0.717) is 6.54 Å². The van der Waals surface area contributed by atoms with Gasteiger partial charge >= 0.3 is 6.03 Å². The maximum atomic E-state index is 12.7. The Hall–Kier alpha value is -2.60. The van der Waals surface area contributed by atoms with Crippen molar-refractivity contribution in [3.8, 4) is 0 Å². The van der Waals surface area contributed by atoms with E-state index in [-0.39, 0.29) is 12.1 Å². The van der Waals surface area contributed by atoms with Gasteiger partial charge in [-0.05, 0) is 11.6 Å². The first kappa shape index (κ1) is 17.2. The number of amides is 2. The SMILES string of the molecule is C=CCN1CCN(C(=O)N[C@@H](Cn2cccn2)c2ccccc2)CC1. The van der Waals surface area contributed by atoms with Crippen LogP contribution >= 0.6 is 0 Å². The summed E-state index contributed by atoms with van der Waals surface area (Å²) in [6.45, 7) is 8.51. The third-order valence-electron chi connectivity index (χ3n) is 4.48. The van der Waals surface area contributed by atoms with E-state index >= 15 is 0 Å². The molecule has 1 aliphatic heterocycles. The summed E-state index contributed by atoms with van der Waals surface area (Å²) >= 11 is 0. The molecule has 0 radical (unpaired) electrons. The van der Waals surface area contributed by atoms with Gasteiger partial charge in [0.05, 0.1) is 12.6 Å². The third-order valence-corrected chi connectivity index (χ3v) is 4.48. The number of rotatable bonds is 6. The van der Waals surface area contributed by atoms with Gasteiger partial charge in [-0.15, -0.1) is 6.58 Å². The summed E-state index contributed by atoms with van der Waals surface area (Å²) < 4.78 is 1.85. The quantitative estimate of drug-likeness (QED) is 0.821. The van der Waals surface area contributed by atoms with Crippen molar-refractivity contribution in [3.63, 3.8) is 0 Å². The maximum absolute atomic E-state index is 12.7. The number of aromatic nitrogens is 2. The molecule has 1 fully saturated rings. The molecule has 2 heterocycles. The summed E-state index contributed by atoms with van der Waals surface area (Å²) in [5.41, 5.74) is 1.08. The van der Waals surface area contributed by atoms with Crippen molar-refractivity contribution in [3.05, 3.63) is 67.0 Å². The monoisotopic (exact) mass is 339 g/mol. The van der Waals surface area contributed by atoms with E-state index in [1.165, 1.54) is 0 Å². The molecule has 1 aromatic carbocycles. The maximum Gasteiger partial charge on any atom is 0.318 e. The van der Waals surface area contributed by atoms with Gasteiger partial charge in [0.2, 0.25) is 0 Å².